The van der Waals surface area contributed by atoms with Gasteiger partial charge in [0.2, 0.25) is 5.91 Å². The number of aryl methyl sites for hydroxylation is 1. The first-order valence-corrected chi connectivity index (χ1v) is 4.95. The Morgan fingerprint density at radius 2 is 2.20 bits per heavy atom. The normalized spacial score (nSPS) is 14.9. The fraction of sp³-hybridized carbons (Fsp3) is 0.600. The van der Waals surface area contributed by atoms with E-state index in [-0.39, 0.29) is 18.0 Å². The van der Waals surface area contributed by atoms with E-state index in [0.29, 0.717) is 0 Å². The van der Waals surface area contributed by atoms with Crippen LogP contribution in [0.1, 0.15) is 24.4 Å². The fourth-order valence-corrected chi connectivity index (χ4v) is 1.71. The van der Waals surface area contributed by atoms with Gasteiger partial charge < -0.3 is 15.6 Å². The second-order valence-corrected chi connectivity index (χ2v) is 3.73. The monoisotopic (exact) mass is 210 g/mol. The van der Waals surface area contributed by atoms with E-state index < -0.39 is 0 Å². The van der Waals surface area contributed by atoms with Gasteiger partial charge in [-0.1, -0.05) is 0 Å². The van der Waals surface area contributed by atoms with Gasteiger partial charge in [0.05, 0.1) is 18.1 Å². The molecule has 1 aromatic rings. The highest BCUT2D eigenvalue weighted by Crippen LogP contribution is 2.15. The number of hydrogen-bond donors (Lipinski definition) is 2. The SMILES string of the molecule is CNC(C(N)=O)C(C)n1cnc(C)c1C. The van der Waals surface area contributed by atoms with Gasteiger partial charge in [-0.05, 0) is 27.8 Å². The van der Waals surface area contributed by atoms with Gasteiger partial charge in [-0.2, -0.15) is 0 Å². The third-order valence-electron chi connectivity index (χ3n) is 2.83. The van der Waals surface area contributed by atoms with E-state index >= 15 is 0 Å². The number of likely N-dealkylation sites (N-methyl/N-ethyl adjacent to an activating group) is 1. The summed E-state index contributed by atoms with van der Waals surface area (Å²) < 4.78 is 1.96. The molecule has 5 nitrogen and oxygen atoms in total. The zero-order valence-electron chi connectivity index (χ0n) is 9.61. The lowest BCUT2D eigenvalue weighted by molar-refractivity contribution is -0.120. The maximum atomic E-state index is 11.2. The Balaban J connectivity index is 2.97. The average Bonchev–Trinajstić information content (AvgIpc) is 2.48. The van der Waals surface area contributed by atoms with Gasteiger partial charge in [0.15, 0.2) is 0 Å². The van der Waals surface area contributed by atoms with Gasteiger partial charge in [-0.25, -0.2) is 4.98 Å². The van der Waals surface area contributed by atoms with Crippen molar-refractivity contribution < 1.29 is 4.79 Å². The highest BCUT2D eigenvalue weighted by Gasteiger charge is 2.23. The molecule has 2 unspecified atom stereocenters. The number of nitrogens with two attached hydrogens (primary N) is 1. The summed E-state index contributed by atoms with van der Waals surface area (Å²) in [6.45, 7) is 5.86. The van der Waals surface area contributed by atoms with Gasteiger partial charge in [0, 0.05) is 5.69 Å². The van der Waals surface area contributed by atoms with Crippen molar-refractivity contribution in [3.8, 4) is 0 Å². The number of hydrogen-bond acceptors (Lipinski definition) is 3. The third-order valence-corrected chi connectivity index (χ3v) is 2.83. The summed E-state index contributed by atoms with van der Waals surface area (Å²) >= 11 is 0. The summed E-state index contributed by atoms with van der Waals surface area (Å²) in [5.74, 6) is -0.351. The molecule has 0 saturated heterocycles. The number of nitrogens with one attached hydrogen (secondary N) is 1. The van der Waals surface area contributed by atoms with Crippen molar-refractivity contribution in [2.75, 3.05) is 7.05 Å². The summed E-state index contributed by atoms with van der Waals surface area (Å²) in [4.78, 5) is 15.4. The maximum absolute atomic E-state index is 11.2. The molecule has 0 fully saturated rings. The van der Waals surface area contributed by atoms with Crippen LogP contribution in [0.4, 0.5) is 0 Å². The number of aromatic nitrogens is 2. The topological polar surface area (TPSA) is 72.9 Å². The van der Waals surface area contributed by atoms with Crippen LogP contribution in [-0.2, 0) is 4.79 Å². The molecule has 15 heavy (non-hydrogen) atoms. The van der Waals surface area contributed by atoms with Crippen molar-refractivity contribution in [3.63, 3.8) is 0 Å². The molecule has 0 aliphatic carbocycles. The Hall–Kier alpha value is -1.36. The Morgan fingerprint density at radius 3 is 2.53 bits per heavy atom. The largest absolute Gasteiger partial charge is 0.368 e. The molecule has 0 bridgehead atoms. The summed E-state index contributed by atoms with van der Waals surface area (Å²) in [7, 11) is 1.73. The summed E-state index contributed by atoms with van der Waals surface area (Å²) in [5.41, 5.74) is 7.34. The molecule has 2 atom stereocenters. The van der Waals surface area contributed by atoms with Crippen molar-refractivity contribution in [1.82, 2.24) is 14.9 Å². The van der Waals surface area contributed by atoms with Gasteiger partial charge in [0.25, 0.3) is 0 Å². The molecular formula is C10H18N4O. The number of nitrogens with zero attached hydrogens (tertiary/aromatic N) is 2. The minimum absolute atomic E-state index is 0.0336. The highest BCUT2D eigenvalue weighted by atomic mass is 16.1. The van der Waals surface area contributed by atoms with Gasteiger partial charge in [0.1, 0.15) is 6.04 Å². The van der Waals surface area contributed by atoms with Crippen LogP contribution in [0, 0.1) is 13.8 Å². The quantitative estimate of drug-likeness (QED) is 0.742. The molecule has 0 aromatic carbocycles. The van der Waals surface area contributed by atoms with E-state index in [2.05, 4.69) is 10.3 Å². The Kier molecular flexibility index (Phi) is 3.47. The second kappa shape index (κ2) is 4.44. The first kappa shape index (κ1) is 11.7. The molecule has 84 valence electrons. The van der Waals surface area contributed by atoms with E-state index in [1.165, 1.54) is 0 Å². The van der Waals surface area contributed by atoms with E-state index in [1.54, 1.807) is 13.4 Å². The minimum atomic E-state index is -0.378. The zero-order valence-corrected chi connectivity index (χ0v) is 9.61. The Labute approximate surface area is 89.7 Å². The average molecular weight is 210 g/mol. The predicted molar refractivity (Wildman–Crippen MR) is 58.5 cm³/mol. The van der Waals surface area contributed by atoms with Crippen LogP contribution < -0.4 is 11.1 Å². The number of carbonyl (C=O) groups excluding carboxylic acids is 1. The van der Waals surface area contributed by atoms with Crippen LogP contribution in [-0.4, -0.2) is 28.5 Å². The lowest BCUT2D eigenvalue weighted by Crippen LogP contribution is -2.44. The minimum Gasteiger partial charge on any atom is -0.368 e. The zero-order chi connectivity index (χ0) is 11.6. The number of carbonyl (C=O) groups is 1. The van der Waals surface area contributed by atoms with E-state index in [4.69, 9.17) is 5.73 Å². The van der Waals surface area contributed by atoms with Gasteiger partial charge in [-0.15, -0.1) is 0 Å². The maximum Gasteiger partial charge on any atom is 0.236 e. The van der Waals surface area contributed by atoms with Gasteiger partial charge in [-0.3, -0.25) is 4.79 Å². The van der Waals surface area contributed by atoms with Crippen molar-refractivity contribution in [2.45, 2.75) is 32.9 Å². The first-order chi connectivity index (χ1) is 6.99. The predicted octanol–water partition coefficient (Wildman–Crippen LogP) is 0.134. The molecule has 0 aliphatic rings. The molecule has 5 heteroatoms. The molecule has 0 radical (unpaired) electrons. The van der Waals surface area contributed by atoms with Crippen LogP contribution in [0.15, 0.2) is 6.33 Å². The fourth-order valence-electron chi connectivity index (χ4n) is 1.71. The summed E-state index contributed by atoms with van der Waals surface area (Å²) in [6, 6.07) is -0.411. The highest BCUT2D eigenvalue weighted by molar-refractivity contribution is 5.80. The molecule has 0 saturated carbocycles. The summed E-state index contributed by atoms with van der Waals surface area (Å²) in [5, 5.41) is 2.91. The van der Waals surface area contributed by atoms with Crippen LogP contribution in [0.25, 0.3) is 0 Å². The molecular weight excluding hydrogens is 192 g/mol. The Morgan fingerprint density at radius 1 is 1.60 bits per heavy atom. The first-order valence-electron chi connectivity index (χ1n) is 4.95. The van der Waals surface area contributed by atoms with E-state index in [9.17, 15) is 4.79 Å². The van der Waals surface area contributed by atoms with Crippen molar-refractivity contribution >= 4 is 5.91 Å². The Bertz CT molecular complexity index is 358. The van der Waals surface area contributed by atoms with Crippen molar-refractivity contribution in [2.24, 2.45) is 5.73 Å². The lowest BCUT2D eigenvalue weighted by Gasteiger charge is -2.23. The molecule has 0 aliphatic heterocycles. The molecule has 1 rings (SSSR count). The van der Waals surface area contributed by atoms with E-state index in [0.717, 1.165) is 11.4 Å². The third kappa shape index (κ3) is 2.18. The van der Waals surface area contributed by atoms with Crippen LogP contribution in [0.2, 0.25) is 0 Å². The molecule has 1 aromatic heterocycles. The summed E-state index contributed by atoms with van der Waals surface area (Å²) in [6.07, 6.45) is 1.74. The smallest absolute Gasteiger partial charge is 0.236 e. The number of amides is 1. The van der Waals surface area contributed by atoms with Gasteiger partial charge >= 0.3 is 0 Å². The molecule has 1 amide bonds. The van der Waals surface area contributed by atoms with E-state index in [1.807, 2.05) is 25.3 Å². The van der Waals surface area contributed by atoms with Crippen LogP contribution in [0.5, 0.6) is 0 Å². The van der Waals surface area contributed by atoms with Crippen molar-refractivity contribution in [1.29, 1.82) is 0 Å². The second-order valence-electron chi connectivity index (χ2n) is 3.73. The standard InChI is InChI=1S/C10H18N4O/c1-6-7(2)14(5-13-6)8(3)9(12-4)10(11)15/h5,8-9,12H,1-4H3,(H2,11,15). The molecule has 3 N–H and O–H groups in total. The number of rotatable bonds is 4. The molecule has 1 heterocycles. The molecule has 0 spiro atoms. The van der Waals surface area contributed by atoms with Crippen LogP contribution >= 0.6 is 0 Å². The number of primary amides is 1. The number of imidazole rings is 1. The van der Waals surface area contributed by atoms with Crippen molar-refractivity contribution in [3.05, 3.63) is 17.7 Å². The van der Waals surface area contributed by atoms with Crippen LogP contribution in [0.3, 0.4) is 0 Å². The lowest BCUT2D eigenvalue weighted by atomic mass is 10.1.